The molecule has 2 N–H and O–H groups in total. The zero-order valence-electron chi connectivity index (χ0n) is 13.1. The van der Waals surface area contributed by atoms with Gasteiger partial charge in [0.1, 0.15) is 0 Å². The molecule has 0 fully saturated rings. The molecule has 0 atom stereocenters. The average molecular weight is 397 g/mol. The zero-order valence-corrected chi connectivity index (χ0v) is 15.4. The summed E-state index contributed by atoms with van der Waals surface area (Å²) < 4.78 is 0.966. The maximum Gasteiger partial charge on any atom is 0.335 e. The second kappa shape index (κ2) is 7.47. The minimum atomic E-state index is -0.907. The molecule has 0 saturated heterocycles. The Morgan fingerprint density at radius 2 is 1.87 bits per heavy atom. The summed E-state index contributed by atoms with van der Waals surface area (Å²) in [5.41, 5.74) is 2.33. The van der Waals surface area contributed by atoms with Crippen LogP contribution in [0.2, 0.25) is 5.02 Å². The summed E-state index contributed by atoms with van der Waals surface area (Å²) in [5.74, 6) is -0.907. The van der Waals surface area contributed by atoms with E-state index in [9.17, 15) is 4.79 Å². The van der Waals surface area contributed by atoms with Gasteiger partial charge in [0, 0.05) is 28.0 Å². The average Bonchev–Trinajstić information content (AvgIpc) is 2.47. The van der Waals surface area contributed by atoms with E-state index in [1.165, 1.54) is 0 Å². The smallest absolute Gasteiger partial charge is 0.335 e. The molecule has 0 aliphatic carbocycles. The Kier molecular flexibility index (Phi) is 5.84. The second-order valence-electron chi connectivity index (χ2n) is 6.11. The molecule has 0 bridgehead atoms. The van der Waals surface area contributed by atoms with Gasteiger partial charge in [-0.1, -0.05) is 59.6 Å². The van der Waals surface area contributed by atoms with Gasteiger partial charge in [0.2, 0.25) is 0 Å². The lowest BCUT2D eigenvalue weighted by molar-refractivity contribution is 0.0697. The van der Waals surface area contributed by atoms with Gasteiger partial charge in [0.25, 0.3) is 0 Å². The van der Waals surface area contributed by atoms with E-state index in [0.717, 1.165) is 27.2 Å². The monoisotopic (exact) mass is 395 g/mol. The fraction of sp³-hybridized carbons (Fsp3) is 0.278. The second-order valence-corrected chi connectivity index (χ2v) is 7.44. The molecule has 122 valence electrons. The van der Waals surface area contributed by atoms with Gasteiger partial charge in [-0.25, -0.2) is 4.79 Å². The molecule has 3 nitrogen and oxygen atoms in total. The van der Waals surface area contributed by atoms with Gasteiger partial charge in [0.15, 0.2) is 0 Å². The number of aromatic carboxylic acids is 1. The van der Waals surface area contributed by atoms with Crippen molar-refractivity contribution in [1.82, 2.24) is 5.32 Å². The van der Waals surface area contributed by atoms with Crippen molar-refractivity contribution in [2.75, 3.05) is 6.54 Å². The number of nitrogens with one attached hydrogen (secondary N) is 1. The Labute approximate surface area is 149 Å². The minimum absolute atomic E-state index is 0.112. The molecule has 0 heterocycles. The highest BCUT2D eigenvalue weighted by atomic mass is 79.9. The van der Waals surface area contributed by atoms with E-state index in [1.54, 1.807) is 12.1 Å². The molecule has 0 aliphatic rings. The summed E-state index contributed by atoms with van der Waals surface area (Å²) in [5, 5.41) is 13.1. The number of benzene rings is 2. The molecule has 2 aromatic carbocycles. The molecule has 0 aliphatic heterocycles. The van der Waals surface area contributed by atoms with E-state index in [-0.39, 0.29) is 5.41 Å². The van der Waals surface area contributed by atoms with Crippen LogP contribution in [-0.4, -0.2) is 17.6 Å². The van der Waals surface area contributed by atoms with Crippen LogP contribution in [0.1, 0.15) is 35.3 Å². The van der Waals surface area contributed by atoms with E-state index in [0.29, 0.717) is 12.1 Å². The van der Waals surface area contributed by atoms with Crippen molar-refractivity contribution in [1.29, 1.82) is 0 Å². The number of rotatable bonds is 6. The van der Waals surface area contributed by atoms with Crippen LogP contribution in [0, 0.1) is 0 Å². The van der Waals surface area contributed by atoms with Crippen molar-refractivity contribution >= 4 is 33.5 Å². The molecule has 5 heteroatoms. The highest BCUT2D eigenvalue weighted by molar-refractivity contribution is 9.10. The summed E-state index contributed by atoms with van der Waals surface area (Å²) in [6.45, 7) is 5.72. The summed E-state index contributed by atoms with van der Waals surface area (Å²) >= 11 is 9.76. The predicted molar refractivity (Wildman–Crippen MR) is 97.3 cm³/mol. The van der Waals surface area contributed by atoms with E-state index >= 15 is 0 Å². The lowest BCUT2D eigenvalue weighted by Gasteiger charge is -2.27. The molecule has 0 aromatic heterocycles. The molecule has 2 rings (SSSR count). The fourth-order valence-electron chi connectivity index (χ4n) is 2.42. The normalized spacial score (nSPS) is 11.5. The third-order valence-electron chi connectivity index (χ3n) is 3.76. The van der Waals surface area contributed by atoms with Gasteiger partial charge in [0.05, 0.1) is 5.56 Å². The lowest BCUT2D eigenvalue weighted by atomic mass is 9.84. The molecule has 0 spiro atoms. The first-order chi connectivity index (χ1) is 10.8. The van der Waals surface area contributed by atoms with Gasteiger partial charge in [-0.05, 0) is 35.4 Å². The Morgan fingerprint density at radius 3 is 2.43 bits per heavy atom. The minimum Gasteiger partial charge on any atom is -0.478 e. The van der Waals surface area contributed by atoms with Crippen LogP contribution < -0.4 is 5.32 Å². The summed E-state index contributed by atoms with van der Waals surface area (Å²) in [4.78, 5) is 10.8. The molecular weight excluding hydrogens is 378 g/mol. The molecule has 0 radical (unpaired) electrons. The van der Waals surface area contributed by atoms with Crippen molar-refractivity contribution in [2.24, 2.45) is 0 Å². The van der Waals surface area contributed by atoms with Crippen molar-refractivity contribution in [3.63, 3.8) is 0 Å². The van der Waals surface area contributed by atoms with Crippen molar-refractivity contribution in [3.05, 3.63) is 68.7 Å². The molecular formula is C18H19BrClNO2. The fourth-order valence-corrected chi connectivity index (χ4v) is 3.35. The highest BCUT2D eigenvalue weighted by Crippen LogP contribution is 2.31. The standard InChI is InChI=1S/C18H19BrClNO2/c1-18(2,15-8-7-14(19)9-16(15)20)11-21-10-12-3-5-13(6-4-12)17(22)23/h3-9,21H,10-11H2,1-2H3,(H,22,23). The van der Waals surface area contributed by atoms with Gasteiger partial charge in [-0.2, -0.15) is 0 Å². The number of carboxylic acid groups (broad SMARTS) is 1. The Bertz CT molecular complexity index is 699. The Morgan fingerprint density at radius 1 is 1.22 bits per heavy atom. The highest BCUT2D eigenvalue weighted by Gasteiger charge is 2.23. The molecule has 0 unspecified atom stereocenters. The summed E-state index contributed by atoms with van der Waals surface area (Å²) in [6.07, 6.45) is 0. The Balaban J connectivity index is 1.97. The number of hydrogen-bond donors (Lipinski definition) is 2. The number of carboxylic acids is 1. The van der Waals surface area contributed by atoms with Crippen LogP contribution in [0.4, 0.5) is 0 Å². The number of carbonyl (C=O) groups is 1. The van der Waals surface area contributed by atoms with Crippen LogP contribution in [0.15, 0.2) is 46.9 Å². The predicted octanol–water partition coefficient (Wildman–Crippen LogP) is 4.87. The zero-order chi connectivity index (χ0) is 17.0. The van der Waals surface area contributed by atoms with Crippen LogP contribution in [0.5, 0.6) is 0 Å². The first-order valence-electron chi connectivity index (χ1n) is 7.28. The third-order valence-corrected chi connectivity index (χ3v) is 4.56. The molecule has 23 heavy (non-hydrogen) atoms. The molecule has 0 saturated carbocycles. The van der Waals surface area contributed by atoms with Crippen LogP contribution in [0.25, 0.3) is 0 Å². The van der Waals surface area contributed by atoms with Crippen molar-refractivity contribution in [2.45, 2.75) is 25.8 Å². The first kappa shape index (κ1) is 18.0. The van der Waals surface area contributed by atoms with Crippen LogP contribution >= 0.6 is 27.5 Å². The van der Waals surface area contributed by atoms with Crippen LogP contribution in [-0.2, 0) is 12.0 Å². The Hall–Kier alpha value is -1.36. The largest absolute Gasteiger partial charge is 0.478 e. The summed E-state index contributed by atoms with van der Waals surface area (Å²) in [6, 6.07) is 12.8. The van der Waals surface area contributed by atoms with E-state index in [2.05, 4.69) is 35.1 Å². The summed E-state index contributed by atoms with van der Waals surface area (Å²) in [7, 11) is 0. The lowest BCUT2D eigenvalue weighted by Crippen LogP contribution is -2.32. The third kappa shape index (κ3) is 4.80. The maximum absolute atomic E-state index is 10.8. The van der Waals surface area contributed by atoms with Crippen molar-refractivity contribution in [3.8, 4) is 0 Å². The van der Waals surface area contributed by atoms with Crippen molar-refractivity contribution < 1.29 is 9.90 Å². The molecule has 2 aromatic rings. The van der Waals surface area contributed by atoms with Gasteiger partial charge in [-0.3, -0.25) is 0 Å². The van der Waals surface area contributed by atoms with Crippen LogP contribution in [0.3, 0.4) is 0 Å². The van der Waals surface area contributed by atoms with E-state index in [1.807, 2.05) is 30.3 Å². The number of hydrogen-bond acceptors (Lipinski definition) is 2. The van der Waals surface area contributed by atoms with Gasteiger partial charge < -0.3 is 10.4 Å². The SMILES string of the molecule is CC(C)(CNCc1ccc(C(=O)O)cc1)c1ccc(Br)cc1Cl. The first-order valence-corrected chi connectivity index (χ1v) is 8.45. The topological polar surface area (TPSA) is 49.3 Å². The molecule has 0 amide bonds. The number of halogens is 2. The van der Waals surface area contributed by atoms with E-state index < -0.39 is 5.97 Å². The maximum atomic E-state index is 10.8. The van der Waals surface area contributed by atoms with E-state index in [4.69, 9.17) is 16.7 Å². The van der Waals surface area contributed by atoms with Gasteiger partial charge >= 0.3 is 5.97 Å². The van der Waals surface area contributed by atoms with Gasteiger partial charge in [-0.15, -0.1) is 0 Å². The quantitative estimate of drug-likeness (QED) is 0.732.